The fourth-order valence-electron chi connectivity index (χ4n) is 4.94. The molecule has 1 aliphatic heterocycles. The SMILES string of the molecule is CC(C)C[C@H](NC(=O)OCC1c2ccccc2-c2ccccc21)C(=O)N1CC(C)(OCC(=O)O)C1. The number of hydrogen-bond acceptors (Lipinski definition) is 5. The van der Waals surface area contributed by atoms with Crippen LogP contribution in [0.2, 0.25) is 0 Å². The first kappa shape index (κ1) is 24.7. The van der Waals surface area contributed by atoms with E-state index in [2.05, 4.69) is 29.6 Å². The molecule has 0 spiro atoms. The van der Waals surface area contributed by atoms with Crippen molar-refractivity contribution in [2.45, 2.75) is 44.8 Å². The zero-order valence-corrected chi connectivity index (χ0v) is 20.3. The molecule has 1 heterocycles. The molecular weight excluding hydrogens is 448 g/mol. The molecule has 0 radical (unpaired) electrons. The zero-order valence-electron chi connectivity index (χ0n) is 20.3. The molecule has 2 N–H and O–H groups in total. The van der Waals surface area contributed by atoms with Crippen LogP contribution in [0.3, 0.4) is 0 Å². The number of carboxylic acids is 1. The van der Waals surface area contributed by atoms with Gasteiger partial charge in [0, 0.05) is 5.92 Å². The summed E-state index contributed by atoms with van der Waals surface area (Å²) in [6, 6.07) is 15.5. The summed E-state index contributed by atoms with van der Waals surface area (Å²) in [5.74, 6) is -1.15. The molecule has 0 bridgehead atoms. The third-order valence-corrected chi connectivity index (χ3v) is 6.55. The van der Waals surface area contributed by atoms with Gasteiger partial charge in [0.25, 0.3) is 0 Å². The highest BCUT2D eigenvalue weighted by Gasteiger charge is 2.44. The molecule has 0 saturated carbocycles. The smallest absolute Gasteiger partial charge is 0.407 e. The summed E-state index contributed by atoms with van der Waals surface area (Å²) >= 11 is 0. The van der Waals surface area contributed by atoms with Gasteiger partial charge in [0.1, 0.15) is 24.9 Å². The number of carbonyl (C=O) groups is 3. The number of rotatable bonds is 9. The maximum atomic E-state index is 13.1. The maximum absolute atomic E-state index is 13.1. The number of nitrogens with zero attached hydrogens (tertiary/aromatic N) is 1. The van der Waals surface area contributed by atoms with E-state index < -0.39 is 30.3 Å². The quantitative estimate of drug-likeness (QED) is 0.568. The molecule has 35 heavy (non-hydrogen) atoms. The normalized spacial score (nSPS) is 16.7. The topological polar surface area (TPSA) is 105 Å². The van der Waals surface area contributed by atoms with Gasteiger partial charge in [-0.25, -0.2) is 9.59 Å². The van der Waals surface area contributed by atoms with Crippen LogP contribution in [0.15, 0.2) is 48.5 Å². The van der Waals surface area contributed by atoms with Crippen LogP contribution in [0.1, 0.15) is 44.2 Å². The summed E-state index contributed by atoms with van der Waals surface area (Å²) in [4.78, 5) is 38.2. The van der Waals surface area contributed by atoms with Gasteiger partial charge in [-0.05, 0) is 41.5 Å². The van der Waals surface area contributed by atoms with E-state index in [4.69, 9.17) is 14.6 Å². The van der Waals surface area contributed by atoms with Crippen LogP contribution in [0.5, 0.6) is 0 Å². The Balaban J connectivity index is 1.37. The van der Waals surface area contributed by atoms with Crippen LogP contribution in [0.4, 0.5) is 4.79 Å². The molecule has 1 saturated heterocycles. The van der Waals surface area contributed by atoms with E-state index in [1.165, 1.54) is 0 Å². The lowest BCUT2D eigenvalue weighted by Gasteiger charge is -2.48. The second-order valence-corrected chi connectivity index (χ2v) is 9.98. The highest BCUT2D eigenvalue weighted by Crippen LogP contribution is 2.44. The number of aliphatic carboxylic acids is 1. The van der Waals surface area contributed by atoms with Crippen molar-refractivity contribution in [1.29, 1.82) is 0 Å². The van der Waals surface area contributed by atoms with Crippen molar-refractivity contribution in [3.8, 4) is 11.1 Å². The highest BCUT2D eigenvalue weighted by atomic mass is 16.5. The molecular formula is C27H32N2O6. The number of amides is 2. The minimum absolute atomic E-state index is 0.0603. The van der Waals surface area contributed by atoms with Crippen LogP contribution in [-0.2, 0) is 19.1 Å². The van der Waals surface area contributed by atoms with Gasteiger partial charge in [-0.15, -0.1) is 0 Å². The Kier molecular flexibility index (Phi) is 7.12. The van der Waals surface area contributed by atoms with Gasteiger partial charge >= 0.3 is 12.1 Å². The number of ether oxygens (including phenoxy) is 2. The number of carboxylic acid groups (broad SMARTS) is 1. The zero-order chi connectivity index (χ0) is 25.2. The Morgan fingerprint density at radius 1 is 1.06 bits per heavy atom. The summed E-state index contributed by atoms with van der Waals surface area (Å²) in [6.45, 7) is 6.06. The molecule has 2 amide bonds. The van der Waals surface area contributed by atoms with E-state index in [0.29, 0.717) is 6.42 Å². The van der Waals surface area contributed by atoms with Crippen LogP contribution in [0, 0.1) is 5.92 Å². The molecule has 8 heteroatoms. The van der Waals surface area contributed by atoms with Gasteiger partial charge < -0.3 is 24.8 Å². The molecule has 4 rings (SSSR count). The number of nitrogens with one attached hydrogen (secondary N) is 1. The van der Waals surface area contributed by atoms with Crippen LogP contribution < -0.4 is 5.32 Å². The number of fused-ring (bicyclic) bond motifs is 3. The van der Waals surface area contributed by atoms with Gasteiger partial charge in [0.15, 0.2) is 0 Å². The molecule has 186 valence electrons. The molecule has 2 aliphatic rings. The van der Waals surface area contributed by atoms with Crippen molar-refractivity contribution >= 4 is 18.0 Å². The lowest BCUT2D eigenvalue weighted by atomic mass is 9.93. The standard InChI is InChI=1S/C27H32N2O6/c1-17(2)12-23(25(32)29-15-27(3,16-29)35-14-24(30)31)28-26(33)34-13-22-20-10-6-4-8-18(20)19-9-5-7-11-21(19)22/h4-11,17,22-23H,12-16H2,1-3H3,(H,28,33)(H,30,31)/t23-/m0/s1. The Bertz CT molecular complexity index is 1060. The second-order valence-electron chi connectivity index (χ2n) is 9.98. The number of likely N-dealkylation sites (tertiary alicyclic amines) is 1. The molecule has 2 aromatic rings. The summed E-state index contributed by atoms with van der Waals surface area (Å²) in [6.07, 6.45) is -0.164. The molecule has 8 nitrogen and oxygen atoms in total. The van der Waals surface area contributed by atoms with Crippen molar-refractivity contribution in [3.05, 3.63) is 59.7 Å². The number of hydrogen-bond donors (Lipinski definition) is 2. The van der Waals surface area contributed by atoms with Crippen molar-refractivity contribution in [2.75, 3.05) is 26.3 Å². The third-order valence-electron chi connectivity index (χ3n) is 6.55. The Morgan fingerprint density at radius 3 is 2.17 bits per heavy atom. The molecule has 0 unspecified atom stereocenters. The van der Waals surface area contributed by atoms with Gasteiger partial charge in [-0.1, -0.05) is 62.4 Å². The van der Waals surface area contributed by atoms with Crippen LogP contribution in [-0.4, -0.2) is 65.9 Å². The average molecular weight is 481 g/mol. The Labute approximate surface area is 205 Å². The predicted molar refractivity (Wildman–Crippen MR) is 130 cm³/mol. The van der Waals surface area contributed by atoms with E-state index in [0.717, 1.165) is 22.3 Å². The van der Waals surface area contributed by atoms with Crippen molar-refractivity contribution in [1.82, 2.24) is 10.2 Å². The van der Waals surface area contributed by atoms with E-state index in [1.54, 1.807) is 11.8 Å². The van der Waals surface area contributed by atoms with Crippen molar-refractivity contribution < 1.29 is 29.0 Å². The number of carbonyl (C=O) groups excluding carboxylic acids is 2. The van der Waals surface area contributed by atoms with Crippen LogP contribution >= 0.6 is 0 Å². The fourth-order valence-corrected chi connectivity index (χ4v) is 4.94. The average Bonchev–Trinajstić information content (AvgIpc) is 3.12. The lowest BCUT2D eigenvalue weighted by Crippen LogP contribution is -2.66. The minimum Gasteiger partial charge on any atom is -0.480 e. The summed E-state index contributed by atoms with van der Waals surface area (Å²) < 4.78 is 11.0. The van der Waals surface area contributed by atoms with E-state index >= 15 is 0 Å². The minimum atomic E-state index is -1.05. The lowest BCUT2D eigenvalue weighted by molar-refractivity contribution is -0.174. The molecule has 0 aromatic heterocycles. The molecule has 2 aromatic carbocycles. The Hall–Kier alpha value is -3.39. The van der Waals surface area contributed by atoms with Gasteiger partial charge in [-0.2, -0.15) is 0 Å². The largest absolute Gasteiger partial charge is 0.480 e. The number of alkyl carbamates (subject to hydrolysis) is 1. The van der Waals surface area contributed by atoms with Gasteiger partial charge in [-0.3, -0.25) is 4.79 Å². The third kappa shape index (κ3) is 5.48. The molecule has 1 fully saturated rings. The number of benzene rings is 2. The van der Waals surface area contributed by atoms with Crippen molar-refractivity contribution in [3.63, 3.8) is 0 Å². The summed E-state index contributed by atoms with van der Waals surface area (Å²) in [5.41, 5.74) is 3.85. The second kappa shape index (κ2) is 10.1. The fraction of sp³-hybridized carbons (Fsp3) is 0.444. The van der Waals surface area contributed by atoms with Crippen molar-refractivity contribution in [2.24, 2.45) is 5.92 Å². The summed E-state index contributed by atoms with van der Waals surface area (Å²) in [5, 5.41) is 11.6. The maximum Gasteiger partial charge on any atom is 0.407 e. The van der Waals surface area contributed by atoms with Gasteiger partial charge in [0.2, 0.25) is 5.91 Å². The monoisotopic (exact) mass is 480 g/mol. The van der Waals surface area contributed by atoms with E-state index in [1.807, 2.05) is 38.1 Å². The van der Waals surface area contributed by atoms with E-state index in [-0.39, 0.29) is 37.4 Å². The molecule has 1 atom stereocenters. The van der Waals surface area contributed by atoms with Gasteiger partial charge in [0.05, 0.1) is 13.1 Å². The Morgan fingerprint density at radius 2 is 1.63 bits per heavy atom. The first-order valence-corrected chi connectivity index (χ1v) is 11.9. The molecule has 1 aliphatic carbocycles. The van der Waals surface area contributed by atoms with E-state index in [9.17, 15) is 14.4 Å². The predicted octanol–water partition coefficient (Wildman–Crippen LogP) is 3.64. The summed E-state index contributed by atoms with van der Waals surface area (Å²) in [7, 11) is 0. The van der Waals surface area contributed by atoms with Crippen LogP contribution in [0.25, 0.3) is 11.1 Å². The first-order valence-electron chi connectivity index (χ1n) is 11.9. The first-order chi connectivity index (χ1) is 16.7. The highest BCUT2D eigenvalue weighted by molar-refractivity contribution is 5.86.